The molecule has 1 saturated heterocycles. The molecule has 4 rings (SSSR count). The van der Waals surface area contributed by atoms with E-state index in [1.165, 1.54) is 17.7 Å². The third-order valence-electron chi connectivity index (χ3n) is 5.81. The Morgan fingerprint density at radius 1 is 1.12 bits per heavy atom. The second-order valence-corrected chi connectivity index (χ2v) is 8.19. The molecule has 0 atom stereocenters. The lowest BCUT2D eigenvalue weighted by Crippen LogP contribution is -2.38. The minimum absolute atomic E-state index is 0.0231. The van der Waals surface area contributed by atoms with E-state index in [1.807, 2.05) is 18.2 Å². The number of rotatable bonds is 6. The summed E-state index contributed by atoms with van der Waals surface area (Å²) < 4.78 is 45.4. The Morgan fingerprint density at radius 2 is 1.85 bits per heavy atom. The third kappa shape index (κ3) is 5.63. The van der Waals surface area contributed by atoms with Gasteiger partial charge in [0.15, 0.2) is 0 Å². The van der Waals surface area contributed by atoms with E-state index in [-0.39, 0.29) is 23.7 Å². The summed E-state index contributed by atoms with van der Waals surface area (Å²) in [5.74, 6) is -0.514. The zero-order valence-electron chi connectivity index (χ0n) is 18.4. The quantitative estimate of drug-likeness (QED) is 0.495. The molecule has 5 nitrogen and oxygen atoms in total. The van der Waals surface area contributed by atoms with Crippen molar-refractivity contribution in [2.24, 2.45) is 0 Å². The van der Waals surface area contributed by atoms with Crippen LogP contribution in [-0.2, 0) is 17.5 Å². The van der Waals surface area contributed by atoms with Gasteiger partial charge in [0.1, 0.15) is 5.69 Å². The number of carbonyl (C=O) groups excluding carboxylic acids is 1. The molecule has 0 bridgehead atoms. The number of hydrogen-bond donors (Lipinski definition) is 1. The number of piperidine rings is 1. The van der Waals surface area contributed by atoms with Crippen molar-refractivity contribution in [3.8, 4) is 0 Å². The van der Waals surface area contributed by atoms with Gasteiger partial charge in [0.05, 0.1) is 17.7 Å². The molecule has 1 aliphatic heterocycles. The van der Waals surface area contributed by atoms with Crippen molar-refractivity contribution in [3.63, 3.8) is 0 Å². The number of nitrogens with one attached hydrogen (secondary N) is 1. The number of ether oxygens (including phenoxy) is 1. The molecule has 174 valence electrons. The lowest BCUT2D eigenvalue weighted by Gasteiger charge is -2.33. The van der Waals surface area contributed by atoms with Gasteiger partial charge in [-0.25, -0.2) is 9.78 Å². The van der Waals surface area contributed by atoms with Gasteiger partial charge in [0, 0.05) is 36.7 Å². The maximum Gasteiger partial charge on any atom is 0.433 e. The molecule has 33 heavy (non-hydrogen) atoms. The number of nitrogens with zero attached hydrogens (tertiary/aromatic N) is 2. The van der Waals surface area contributed by atoms with E-state index in [9.17, 15) is 18.0 Å². The van der Waals surface area contributed by atoms with Gasteiger partial charge in [-0.15, -0.1) is 0 Å². The zero-order chi connectivity index (χ0) is 23.4. The van der Waals surface area contributed by atoms with Crippen molar-refractivity contribution >= 4 is 22.6 Å². The Balaban J connectivity index is 1.55. The number of anilines is 1. The highest BCUT2D eigenvalue weighted by Crippen LogP contribution is 2.34. The van der Waals surface area contributed by atoms with E-state index in [4.69, 9.17) is 4.74 Å². The van der Waals surface area contributed by atoms with Crippen LogP contribution < -0.4 is 5.32 Å². The van der Waals surface area contributed by atoms with Crippen molar-refractivity contribution in [2.45, 2.75) is 38.5 Å². The molecule has 0 saturated carbocycles. The highest BCUT2D eigenvalue weighted by molar-refractivity contribution is 5.99. The van der Waals surface area contributed by atoms with Crippen LogP contribution >= 0.6 is 0 Å². The van der Waals surface area contributed by atoms with Gasteiger partial charge in [-0.05, 0) is 49.6 Å². The van der Waals surface area contributed by atoms with Gasteiger partial charge in [0.2, 0.25) is 0 Å². The van der Waals surface area contributed by atoms with Crippen LogP contribution in [0.1, 0.15) is 41.4 Å². The van der Waals surface area contributed by atoms with E-state index in [0.29, 0.717) is 11.1 Å². The molecule has 8 heteroatoms. The minimum atomic E-state index is -4.57. The predicted octanol–water partition coefficient (Wildman–Crippen LogP) is 5.51. The molecule has 2 aromatic carbocycles. The predicted molar refractivity (Wildman–Crippen MR) is 121 cm³/mol. The monoisotopic (exact) mass is 457 g/mol. The number of pyridine rings is 1. The minimum Gasteiger partial charge on any atom is -0.462 e. The van der Waals surface area contributed by atoms with Crippen molar-refractivity contribution in [2.75, 3.05) is 25.0 Å². The van der Waals surface area contributed by atoms with Gasteiger partial charge in [-0.1, -0.05) is 30.3 Å². The van der Waals surface area contributed by atoms with Crippen LogP contribution in [0.25, 0.3) is 10.9 Å². The number of benzene rings is 2. The SMILES string of the molecule is CCOC(=O)c1ccc2nc(C(F)(F)F)cc(NC3CCN(Cc4ccccc4)CC3)c2c1. The molecule has 3 aromatic rings. The summed E-state index contributed by atoms with van der Waals surface area (Å²) in [4.78, 5) is 18.3. The molecule has 0 amide bonds. The molecular weight excluding hydrogens is 431 g/mol. The third-order valence-corrected chi connectivity index (χ3v) is 5.81. The molecular formula is C25H26F3N3O2. The highest BCUT2D eigenvalue weighted by Gasteiger charge is 2.34. The number of aromatic nitrogens is 1. The van der Waals surface area contributed by atoms with Crippen LogP contribution in [0.4, 0.5) is 18.9 Å². The van der Waals surface area contributed by atoms with Crippen molar-refractivity contribution < 1.29 is 22.7 Å². The number of carbonyl (C=O) groups is 1. The summed E-state index contributed by atoms with van der Waals surface area (Å²) in [6.07, 6.45) is -2.96. The van der Waals surface area contributed by atoms with Crippen molar-refractivity contribution in [1.82, 2.24) is 9.88 Å². The Kier molecular flexibility index (Phi) is 6.83. The summed E-state index contributed by atoms with van der Waals surface area (Å²) in [6.45, 7) is 4.46. The lowest BCUT2D eigenvalue weighted by molar-refractivity contribution is -0.140. The van der Waals surface area contributed by atoms with Crippen LogP contribution in [-0.4, -0.2) is 41.6 Å². The summed E-state index contributed by atoms with van der Waals surface area (Å²) in [5, 5.41) is 3.77. The number of hydrogen-bond acceptors (Lipinski definition) is 5. The molecule has 0 unspecified atom stereocenters. The number of fused-ring (bicyclic) bond motifs is 1. The van der Waals surface area contributed by atoms with E-state index in [2.05, 4.69) is 27.3 Å². The normalized spacial score (nSPS) is 15.5. The molecule has 2 heterocycles. The summed E-state index contributed by atoms with van der Waals surface area (Å²) in [7, 11) is 0. The number of halogens is 3. The largest absolute Gasteiger partial charge is 0.462 e. The second kappa shape index (κ2) is 9.79. The standard InChI is InChI=1S/C25H26F3N3O2/c1-2-33-24(32)18-8-9-21-20(14-18)22(15-23(30-21)25(26,27)28)29-19-10-12-31(13-11-19)16-17-6-4-3-5-7-17/h3-9,14-15,19H,2,10-13,16H2,1H3,(H,29,30). The van der Waals surface area contributed by atoms with Crippen LogP contribution in [0.5, 0.6) is 0 Å². The smallest absolute Gasteiger partial charge is 0.433 e. The summed E-state index contributed by atoms with van der Waals surface area (Å²) in [6, 6.07) is 15.7. The molecule has 0 spiro atoms. The molecule has 0 radical (unpaired) electrons. The summed E-state index contributed by atoms with van der Waals surface area (Å²) in [5.41, 5.74) is 1.08. The van der Waals surface area contributed by atoms with Gasteiger partial charge in [0.25, 0.3) is 0 Å². The summed E-state index contributed by atoms with van der Waals surface area (Å²) >= 11 is 0. The van der Waals surface area contributed by atoms with Crippen LogP contribution in [0, 0.1) is 0 Å². The molecule has 1 aliphatic rings. The van der Waals surface area contributed by atoms with Crippen molar-refractivity contribution in [1.29, 1.82) is 0 Å². The Labute approximate surface area is 190 Å². The number of likely N-dealkylation sites (tertiary alicyclic amines) is 1. The molecule has 1 fully saturated rings. The van der Waals surface area contributed by atoms with Crippen LogP contribution in [0.2, 0.25) is 0 Å². The number of esters is 1. The topological polar surface area (TPSA) is 54.5 Å². The maximum atomic E-state index is 13.5. The highest BCUT2D eigenvalue weighted by atomic mass is 19.4. The van der Waals surface area contributed by atoms with E-state index in [1.54, 1.807) is 13.0 Å². The average molecular weight is 457 g/mol. The van der Waals surface area contributed by atoms with Gasteiger partial charge >= 0.3 is 12.1 Å². The Morgan fingerprint density at radius 3 is 2.52 bits per heavy atom. The number of alkyl halides is 3. The first-order valence-corrected chi connectivity index (χ1v) is 11.1. The maximum absolute atomic E-state index is 13.5. The van der Waals surface area contributed by atoms with Gasteiger partial charge in [-0.3, -0.25) is 4.90 Å². The Bertz CT molecular complexity index is 1110. The fraction of sp³-hybridized carbons (Fsp3) is 0.360. The van der Waals surface area contributed by atoms with E-state index in [0.717, 1.165) is 38.5 Å². The Hall–Kier alpha value is -3.13. The lowest BCUT2D eigenvalue weighted by atomic mass is 10.0. The average Bonchev–Trinajstić information content (AvgIpc) is 2.80. The first kappa shape index (κ1) is 23.0. The van der Waals surface area contributed by atoms with Crippen LogP contribution in [0.3, 0.4) is 0 Å². The molecule has 0 aliphatic carbocycles. The van der Waals surface area contributed by atoms with E-state index < -0.39 is 17.8 Å². The second-order valence-electron chi connectivity index (χ2n) is 8.19. The van der Waals surface area contributed by atoms with Crippen molar-refractivity contribution in [3.05, 3.63) is 71.4 Å². The fourth-order valence-corrected chi connectivity index (χ4v) is 4.13. The van der Waals surface area contributed by atoms with Crippen LogP contribution in [0.15, 0.2) is 54.6 Å². The van der Waals surface area contributed by atoms with E-state index >= 15 is 0 Å². The molecule has 1 N–H and O–H groups in total. The van der Waals surface area contributed by atoms with Gasteiger partial charge in [-0.2, -0.15) is 13.2 Å². The first-order valence-electron chi connectivity index (χ1n) is 11.1. The van der Waals surface area contributed by atoms with Gasteiger partial charge < -0.3 is 10.1 Å². The fourth-order valence-electron chi connectivity index (χ4n) is 4.13. The zero-order valence-corrected chi connectivity index (χ0v) is 18.4. The molecule has 1 aromatic heterocycles. The first-order chi connectivity index (χ1) is 15.8.